The normalized spacial score (nSPS) is 12.5. The molecule has 0 unspecified atom stereocenters. The molecule has 0 spiro atoms. The smallest absolute Gasteiger partial charge is 0.251 e. The van der Waals surface area contributed by atoms with Gasteiger partial charge in [-0.3, -0.25) is 4.79 Å². The van der Waals surface area contributed by atoms with E-state index in [0.29, 0.717) is 21.5 Å². The van der Waals surface area contributed by atoms with Crippen molar-refractivity contribution < 1.29 is 4.79 Å². The van der Waals surface area contributed by atoms with Crippen LogP contribution in [0.5, 0.6) is 0 Å². The Morgan fingerprint density at radius 2 is 1.84 bits per heavy atom. The summed E-state index contributed by atoms with van der Waals surface area (Å²) in [5, 5.41) is 3.84. The Morgan fingerprint density at radius 1 is 1.16 bits per heavy atom. The Morgan fingerprint density at radius 3 is 2.42 bits per heavy atom. The molecule has 0 aliphatic carbocycles. The van der Waals surface area contributed by atoms with Crippen LogP contribution in [0.2, 0.25) is 10.0 Å². The predicted molar refractivity (Wildman–Crippen MR) is 82.1 cm³/mol. The molecule has 0 aliphatic heterocycles. The van der Waals surface area contributed by atoms with Crippen LogP contribution in [-0.2, 0) is 0 Å². The zero-order valence-electron chi connectivity index (χ0n) is 11.7. The van der Waals surface area contributed by atoms with Gasteiger partial charge in [-0.25, -0.2) is 0 Å². The highest BCUT2D eigenvalue weighted by Crippen LogP contribution is 2.22. The number of hydrogen-bond donors (Lipinski definition) is 1. The molecule has 1 aromatic carbocycles. The second-order valence-electron chi connectivity index (χ2n) is 5.33. The molecule has 4 heteroatoms. The van der Waals surface area contributed by atoms with E-state index in [1.165, 1.54) is 6.42 Å². The molecule has 1 atom stereocenters. The standard InChI is InChI=1S/C15H21Cl2NO/c1-10(2)5-4-6-11(3)18-15(19)12-7-8-13(16)14(17)9-12/h7-11H,4-6H2,1-3H3,(H,18,19)/t11-/m1/s1. The zero-order valence-corrected chi connectivity index (χ0v) is 13.2. The summed E-state index contributed by atoms with van der Waals surface area (Å²) in [4.78, 5) is 12.0. The highest BCUT2D eigenvalue weighted by molar-refractivity contribution is 6.42. The molecule has 0 fully saturated rings. The number of benzene rings is 1. The van der Waals surface area contributed by atoms with Crippen LogP contribution < -0.4 is 5.32 Å². The zero-order chi connectivity index (χ0) is 14.4. The van der Waals surface area contributed by atoms with Crippen LogP contribution in [0.4, 0.5) is 0 Å². The Balaban J connectivity index is 2.47. The largest absolute Gasteiger partial charge is 0.350 e. The summed E-state index contributed by atoms with van der Waals surface area (Å²) in [6, 6.07) is 5.09. The van der Waals surface area contributed by atoms with Gasteiger partial charge in [-0.1, -0.05) is 49.9 Å². The van der Waals surface area contributed by atoms with Crippen LogP contribution in [0.25, 0.3) is 0 Å². The maximum Gasteiger partial charge on any atom is 0.251 e. The summed E-state index contributed by atoms with van der Waals surface area (Å²) < 4.78 is 0. The van der Waals surface area contributed by atoms with Crippen molar-refractivity contribution in [3.63, 3.8) is 0 Å². The van der Waals surface area contributed by atoms with Gasteiger partial charge < -0.3 is 5.32 Å². The summed E-state index contributed by atoms with van der Waals surface area (Å²) in [6.45, 7) is 6.44. The van der Waals surface area contributed by atoms with Gasteiger partial charge in [-0.15, -0.1) is 0 Å². The number of nitrogens with one attached hydrogen (secondary N) is 1. The lowest BCUT2D eigenvalue weighted by Crippen LogP contribution is -2.32. The monoisotopic (exact) mass is 301 g/mol. The fourth-order valence-electron chi connectivity index (χ4n) is 1.85. The highest BCUT2D eigenvalue weighted by atomic mass is 35.5. The molecule has 1 aromatic rings. The van der Waals surface area contributed by atoms with E-state index in [0.717, 1.165) is 12.8 Å². The van der Waals surface area contributed by atoms with Crippen LogP contribution >= 0.6 is 23.2 Å². The second-order valence-corrected chi connectivity index (χ2v) is 6.14. The molecule has 106 valence electrons. The van der Waals surface area contributed by atoms with E-state index in [1.807, 2.05) is 6.92 Å². The van der Waals surface area contributed by atoms with E-state index < -0.39 is 0 Å². The molecule has 1 rings (SSSR count). The van der Waals surface area contributed by atoms with Gasteiger partial charge in [-0.05, 0) is 37.5 Å². The van der Waals surface area contributed by atoms with Crippen molar-refractivity contribution in [2.75, 3.05) is 0 Å². The van der Waals surface area contributed by atoms with E-state index in [2.05, 4.69) is 19.2 Å². The predicted octanol–water partition coefficient (Wildman–Crippen LogP) is 4.94. The van der Waals surface area contributed by atoms with Gasteiger partial charge in [0, 0.05) is 11.6 Å². The van der Waals surface area contributed by atoms with Crippen molar-refractivity contribution in [1.82, 2.24) is 5.32 Å². The van der Waals surface area contributed by atoms with Gasteiger partial charge >= 0.3 is 0 Å². The second kappa shape index (κ2) is 7.76. The minimum absolute atomic E-state index is 0.101. The van der Waals surface area contributed by atoms with Crippen LogP contribution in [-0.4, -0.2) is 11.9 Å². The number of rotatable bonds is 6. The fourth-order valence-corrected chi connectivity index (χ4v) is 2.15. The summed E-state index contributed by atoms with van der Waals surface area (Å²) >= 11 is 11.7. The first-order valence-electron chi connectivity index (χ1n) is 6.66. The van der Waals surface area contributed by atoms with Gasteiger partial charge in [0.1, 0.15) is 0 Å². The summed E-state index contributed by atoms with van der Waals surface area (Å²) in [7, 11) is 0. The third-order valence-electron chi connectivity index (χ3n) is 2.98. The molecule has 0 bridgehead atoms. The Bertz CT molecular complexity index is 432. The first-order valence-corrected chi connectivity index (χ1v) is 7.41. The fraction of sp³-hybridized carbons (Fsp3) is 0.533. The first-order chi connectivity index (χ1) is 8.90. The molecule has 0 aromatic heterocycles. The number of hydrogen-bond acceptors (Lipinski definition) is 1. The lowest BCUT2D eigenvalue weighted by Gasteiger charge is -2.14. The lowest BCUT2D eigenvalue weighted by molar-refractivity contribution is 0.0938. The highest BCUT2D eigenvalue weighted by Gasteiger charge is 2.11. The Labute approximate surface area is 125 Å². The van der Waals surface area contributed by atoms with E-state index in [9.17, 15) is 4.79 Å². The van der Waals surface area contributed by atoms with Gasteiger partial charge in [-0.2, -0.15) is 0 Å². The minimum atomic E-state index is -0.101. The summed E-state index contributed by atoms with van der Waals surface area (Å²) in [5.74, 6) is 0.605. The summed E-state index contributed by atoms with van der Waals surface area (Å²) in [6.07, 6.45) is 3.30. The van der Waals surface area contributed by atoms with Gasteiger partial charge in [0.25, 0.3) is 5.91 Å². The van der Waals surface area contributed by atoms with Crippen LogP contribution in [0.1, 0.15) is 50.4 Å². The first kappa shape index (κ1) is 16.3. The van der Waals surface area contributed by atoms with Crippen molar-refractivity contribution in [3.8, 4) is 0 Å². The van der Waals surface area contributed by atoms with E-state index in [1.54, 1.807) is 18.2 Å². The van der Waals surface area contributed by atoms with Crippen LogP contribution in [0.3, 0.4) is 0 Å². The Kier molecular flexibility index (Phi) is 6.67. The third kappa shape index (κ3) is 5.84. The quantitative estimate of drug-likeness (QED) is 0.792. The summed E-state index contributed by atoms with van der Waals surface area (Å²) in [5.41, 5.74) is 0.546. The molecular formula is C15H21Cl2NO. The van der Waals surface area contributed by atoms with Crippen LogP contribution in [0.15, 0.2) is 18.2 Å². The maximum atomic E-state index is 12.0. The van der Waals surface area contributed by atoms with E-state index in [-0.39, 0.29) is 11.9 Å². The van der Waals surface area contributed by atoms with Gasteiger partial charge in [0.05, 0.1) is 10.0 Å². The topological polar surface area (TPSA) is 29.1 Å². The number of carbonyl (C=O) groups is 1. The molecule has 2 nitrogen and oxygen atoms in total. The molecule has 1 N–H and O–H groups in total. The number of carbonyl (C=O) groups excluding carboxylic acids is 1. The molecule has 19 heavy (non-hydrogen) atoms. The molecular weight excluding hydrogens is 281 g/mol. The van der Waals surface area contributed by atoms with Crippen molar-refractivity contribution in [2.24, 2.45) is 5.92 Å². The maximum absolute atomic E-state index is 12.0. The molecule has 0 saturated heterocycles. The average molecular weight is 302 g/mol. The number of amides is 1. The van der Waals surface area contributed by atoms with Crippen molar-refractivity contribution in [2.45, 2.75) is 46.1 Å². The van der Waals surface area contributed by atoms with E-state index >= 15 is 0 Å². The average Bonchev–Trinajstić information content (AvgIpc) is 2.32. The lowest BCUT2D eigenvalue weighted by atomic mass is 10.0. The molecule has 0 radical (unpaired) electrons. The number of halogens is 2. The molecule has 1 amide bonds. The molecule has 0 aliphatic rings. The molecule has 0 saturated carbocycles. The third-order valence-corrected chi connectivity index (χ3v) is 3.72. The molecule has 0 heterocycles. The SMILES string of the molecule is CC(C)CCC[C@@H](C)NC(=O)c1ccc(Cl)c(Cl)c1. The Hall–Kier alpha value is -0.730. The van der Waals surface area contributed by atoms with Crippen molar-refractivity contribution >= 4 is 29.1 Å². The van der Waals surface area contributed by atoms with Crippen molar-refractivity contribution in [1.29, 1.82) is 0 Å². The van der Waals surface area contributed by atoms with Gasteiger partial charge in [0.15, 0.2) is 0 Å². The van der Waals surface area contributed by atoms with Crippen molar-refractivity contribution in [3.05, 3.63) is 33.8 Å². The van der Waals surface area contributed by atoms with E-state index in [4.69, 9.17) is 23.2 Å². The van der Waals surface area contributed by atoms with Crippen LogP contribution in [0, 0.1) is 5.92 Å². The minimum Gasteiger partial charge on any atom is -0.350 e. The van der Waals surface area contributed by atoms with Gasteiger partial charge in [0.2, 0.25) is 0 Å².